The normalized spacial score (nSPS) is 10.7. The van der Waals surface area contributed by atoms with Gasteiger partial charge in [0, 0.05) is 13.2 Å². The van der Waals surface area contributed by atoms with E-state index in [0.717, 1.165) is 11.5 Å². The molecule has 0 bridgehead atoms. The van der Waals surface area contributed by atoms with Crippen LogP contribution in [0.4, 0.5) is 0 Å². The lowest BCUT2D eigenvalue weighted by molar-refractivity contribution is 0.487. The van der Waals surface area contributed by atoms with Crippen molar-refractivity contribution in [3.05, 3.63) is 24.4 Å². The van der Waals surface area contributed by atoms with Gasteiger partial charge in [-0.1, -0.05) is 0 Å². The van der Waals surface area contributed by atoms with Crippen LogP contribution in [0.3, 0.4) is 0 Å². The van der Waals surface area contributed by atoms with Gasteiger partial charge in [-0.05, 0) is 13.1 Å². The van der Waals surface area contributed by atoms with Crippen LogP contribution in [-0.4, -0.2) is 21.8 Å². The van der Waals surface area contributed by atoms with Crippen LogP contribution >= 0.6 is 0 Å². The first-order valence-electron chi connectivity index (χ1n) is 4.39. The van der Waals surface area contributed by atoms with Gasteiger partial charge >= 0.3 is 0 Å². The quantitative estimate of drug-likeness (QED) is 0.781. The minimum Gasteiger partial charge on any atom is -0.438 e. The third-order valence-corrected chi connectivity index (χ3v) is 1.95. The Morgan fingerprint density at radius 3 is 3.07 bits per heavy atom. The summed E-state index contributed by atoms with van der Waals surface area (Å²) in [5.74, 6) is 1.43. The second kappa shape index (κ2) is 3.63. The van der Waals surface area contributed by atoms with Gasteiger partial charge in [-0.3, -0.25) is 4.68 Å². The summed E-state index contributed by atoms with van der Waals surface area (Å²) in [7, 11) is 3.73. The molecule has 0 radical (unpaired) electrons. The van der Waals surface area contributed by atoms with Crippen LogP contribution in [0.2, 0.25) is 0 Å². The number of hydrogen-bond acceptors (Lipinski definition) is 4. The molecular formula is C9H12N4O. The van der Waals surface area contributed by atoms with E-state index in [1.54, 1.807) is 17.1 Å². The van der Waals surface area contributed by atoms with E-state index < -0.39 is 0 Å². The number of nitrogens with one attached hydrogen (secondary N) is 1. The lowest BCUT2D eigenvalue weighted by atomic mass is 10.3. The molecule has 0 saturated heterocycles. The molecule has 0 spiro atoms. The van der Waals surface area contributed by atoms with E-state index in [2.05, 4.69) is 15.4 Å². The number of oxazole rings is 1. The molecule has 0 amide bonds. The Morgan fingerprint density at radius 1 is 1.57 bits per heavy atom. The number of aryl methyl sites for hydroxylation is 1. The zero-order valence-electron chi connectivity index (χ0n) is 8.19. The second-order valence-corrected chi connectivity index (χ2v) is 2.99. The van der Waals surface area contributed by atoms with Gasteiger partial charge in [0.2, 0.25) is 5.89 Å². The van der Waals surface area contributed by atoms with Crippen molar-refractivity contribution in [1.82, 2.24) is 20.1 Å². The Hall–Kier alpha value is -1.62. The average molecular weight is 192 g/mol. The number of hydrogen-bond donors (Lipinski definition) is 1. The molecule has 2 aromatic heterocycles. The molecule has 14 heavy (non-hydrogen) atoms. The minimum absolute atomic E-state index is 0.637. The van der Waals surface area contributed by atoms with E-state index in [1.807, 2.05) is 20.2 Å². The molecule has 2 rings (SSSR count). The molecule has 0 aliphatic carbocycles. The standard InChI is InChI=1S/C9H12N4O/c1-10-6-9-11-5-8(14-9)7-3-4-12-13(7)2/h3-5,10H,6H2,1-2H3. The third kappa shape index (κ3) is 1.54. The molecular weight excluding hydrogens is 180 g/mol. The fourth-order valence-electron chi connectivity index (χ4n) is 1.28. The van der Waals surface area contributed by atoms with Crippen LogP contribution in [0.25, 0.3) is 11.5 Å². The molecule has 0 atom stereocenters. The summed E-state index contributed by atoms with van der Waals surface area (Å²) in [6, 6.07) is 1.89. The molecule has 0 fully saturated rings. The molecule has 0 aromatic carbocycles. The van der Waals surface area contributed by atoms with E-state index in [1.165, 1.54) is 0 Å². The molecule has 0 saturated carbocycles. The zero-order valence-corrected chi connectivity index (χ0v) is 8.19. The van der Waals surface area contributed by atoms with Crippen molar-refractivity contribution in [3.8, 4) is 11.5 Å². The predicted molar refractivity (Wildman–Crippen MR) is 51.5 cm³/mol. The highest BCUT2D eigenvalue weighted by atomic mass is 16.4. The van der Waals surface area contributed by atoms with Crippen LogP contribution in [0.15, 0.2) is 22.9 Å². The van der Waals surface area contributed by atoms with Crippen LogP contribution in [0.5, 0.6) is 0 Å². The van der Waals surface area contributed by atoms with Crippen molar-refractivity contribution >= 4 is 0 Å². The molecule has 1 N–H and O–H groups in total. The van der Waals surface area contributed by atoms with E-state index in [4.69, 9.17) is 4.42 Å². The third-order valence-electron chi connectivity index (χ3n) is 1.95. The van der Waals surface area contributed by atoms with Crippen molar-refractivity contribution < 1.29 is 4.42 Å². The van der Waals surface area contributed by atoms with E-state index >= 15 is 0 Å². The van der Waals surface area contributed by atoms with Gasteiger partial charge in [0.25, 0.3) is 0 Å². The minimum atomic E-state index is 0.637. The van der Waals surface area contributed by atoms with Crippen LogP contribution in [-0.2, 0) is 13.6 Å². The lowest BCUT2D eigenvalue weighted by Crippen LogP contribution is -2.04. The predicted octanol–water partition coefficient (Wildman–Crippen LogP) is 0.794. The van der Waals surface area contributed by atoms with Gasteiger partial charge in [-0.25, -0.2) is 4.98 Å². The molecule has 2 heterocycles. The summed E-state index contributed by atoms with van der Waals surface area (Å²) >= 11 is 0. The largest absolute Gasteiger partial charge is 0.438 e. The van der Waals surface area contributed by atoms with Crippen molar-refractivity contribution in [2.75, 3.05) is 7.05 Å². The van der Waals surface area contributed by atoms with Gasteiger partial charge < -0.3 is 9.73 Å². The topological polar surface area (TPSA) is 55.9 Å². The van der Waals surface area contributed by atoms with E-state index in [0.29, 0.717) is 12.4 Å². The summed E-state index contributed by atoms with van der Waals surface area (Å²) in [5, 5.41) is 7.04. The molecule has 74 valence electrons. The molecule has 5 nitrogen and oxygen atoms in total. The number of aromatic nitrogens is 3. The van der Waals surface area contributed by atoms with Gasteiger partial charge in [0.05, 0.1) is 12.7 Å². The zero-order chi connectivity index (χ0) is 9.97. The molecule has 0 aliphatic heterocycles. The maximum atomic E-state index is 5.51. The van der Waals surface area contributed by atoms with E-state index in [9.17, 15) is 0 Å². The summed E-state index contributed by atoms with van der Waals surface area (Å²) < 4.78 is 7.27. The molecule has 2 aromatic rings. The first kappa shape index (κ1) is 8.96. The summed E-state index contributed by atoms with van der Waals surface area (Å²) in [4.78, 5) is 4.13. The Morgan fingerprint density at radius 2 is 2.43 bits per heavy atom. The maximum absolute atomic E-state index is 5.51. The van der Waals surface area contributed by atoms with Crippen molar-refractivity contribution in [2.45, 2.75) is 6.54 Å². The Kier molecular flexibility index (Phi) is 2.32. The Labute approximate surface area is 81.8 Å². The van der Waals surface area contributed by atoms with E-state index in [-0.39, 0.29) is 0 Å². The SMILES string of the molecule is CNCc1ncc(-c2ccnn2C)o1. The van der Waals surface area contributed by atoms with Gasteiger partial charge in [0.15, 0.2) is 5.76 Å². The van der Waals surface area contributed by atoms with Gasteiger partial charge in [-0.15, -0.1) is 0 Å². The maximum Gasteiger partial charge on any atom is 0.208 e. The van der Waals surface area contributed by atoms with Gasteiger partial charge in [-0.2, -0.15) is 5.10 Å². The van der Waals surface area contributed by atoms with Crippen molar-refractivity contribution in [2.24, 2.45) is 7.05 Å². The molecule has 0 unspecified atom stereocenters. The molecule has 5 heteroatoms. The highest BCUT2D eigenvalue weighted by molar-refractivity contribution is 5.50. The first-order chi connectivity index (χ1) is 6.81. The second-order valence-electron chi connectivity index (χ2n) is 2.99. The average Bonchev–Trinajstić information content (AvgIpc) is 2.74. The highest BCUT2D eigenvalue weighted by Gasteiger charge is 2.08. The summed E-state index contributed by atoms with van der Waals surface area (Å²) in [6.45, 7) is 0.637. The van der Waals surface area contributed by atoms with Crippen LogP contribution < -0.4 is 5.32 Å². The Bertz CT molecular complexity index is 418. The summed E-state index contributed by atoms with van der Waals surface area (Å²) in [5.41, 5.74) is 0.930. The fourth-order valence-corrected chi connectivity index (χ4v) is 1.28. The van der Waals surface area contributed by atoms with Crippen molar-refractivity contribution in [3.63, 3.8) is 0 Å². The van der Waals surface area contributed by atoms with Crippen molar-refractivity contribution in [1.29, 1.82) is 0 Å². The first-order valence-corrected chi connectivity index (χ1v) is 4.39. The van der Waals surface area contributed by atoms with Gasteiger partial charge in [0.1, 0.15) is 5.69 Å². The number of rotatable bonds is 3. The van der Waals surface area contributed by atoms with Crippen LogP contribution in [0, 0.1) is 0 Å². The fraction of sp³-hybridized carbons (Fsp3) is 0.333. The highest BCUT2D eigenvalue weighted by Crippen LogP contribution is 2.18. The smallest absolute Gasteiger partial charge is 0.208 e. The summed E-state index contributed by atoms with van der Waals surface area (Å²) in [6.07, 6.45) is 3.44. The van der Waals surface area contributed by atoms with Crippen LogP contribution in [0.1, 0.15) is 5.89 Å². The molecule has 0 aliphatic rings. The lowest BCUT2D eigenvalue weighted by Gasteiger charge is -1.95. The number of nitrogens with zero attached hydrogens (tertiary/aromatic N) is 3. The monoisotopic (exact) mass is 192 g/mol. The Balaban J connectivity index is 2.29.